The first-order chi connectivity index (χ1) is 16.3. The van der Waals surface area contributed by atoms with Crippen molar-refractivity contribution in [1.82, 2.24) is 9.62 Å². The molecule has 7 nitrogen and oxygen atoms in total. The Morgan fingerprint density at radius 3 is 2.31 bits per heavy atom. The van der Waals surface area contributed by atoms with Gasteiger partial charge in [-0.1, -0.05) is 35.3 Å². The summed E-state index contributed by atoms with van der Waals surface area (Å²) in [5.41, 5.74) is 0.0896. The van der Waals surface area contributed by atoms with E-state index in [2.05, 4.69) is 27.9 Å². The largest absolute Gasteiger partial charge is 0.458 e. The molecule has 0 radical (unpaired) electrons. The summed E-state index contributed by atoms with van der Waals surface area (Å²) in [7, 11) is -4.04. The molecule has 3 rings (SSSR count). The van der Waals surface area contributed by atoms with E-state index in [9.17, 15) is 18.0 Å². The average Bonchev–Trinajstić information content (AvgIpc) is 3.24. The van der Waals surface area contributed by atoms with Crippen LogP contribution in [0.5, 0.6) is 0 Å². The number of carbonyl (C=O) groups is 2. The first-order valence-electron chi connectivity index (χ1n) is 11.0. The molecule has 1 fully saturated rings. The van der Waals surface area contributed by atoms with E-state index in [4.69, 9.17) is 27.9 Å². The second-order valence-electron chi connectivity index (χ2n) is 9.30. The number of ether oxygens (including phenoxy) is 1. The number of benzene rings is 2. The lowest BCUT2D eigenvalue weighted by Crippen LogP contribution is -2.52. The third-order valence-corrected chi connectivity index (χ3v) is 8.35. The molecule has 0 aromatic heterocycles. The van der Waals surface area contributed by atoms with Crippen molar-refractivity contribution < 1.29 is 22.7 Å². The fraction of sp³-hybridized carbons (Fsp3) is 0.417. The fourth-order valence-corrected chi connectivity index (χ4v) is 6.54. The molecule has 0 spiro atoms. The molecule has 2 atom stereocenters. The number of carbonyl (C=O) groups excluding carboxylic acids is 2. The van der Waals surface area contributed by atoms with Gasteiger partial charge < -0.3 is 10.1 Å². The van der Waals surface area contributed by atoms with Crippen LogP contribution in [0.1, 0.15) is 39.2 Å². The standard InChI is InChI=1S/C24H27Cl2IN2O5S/c1-24(2,3)34-23(31)20(11-15-6-8-18(27)9-7-15)28-22(30)21-5-4-10-29(21)35(32,33)19-13-16(25)12-17(26)14-19/h6-9,12-14,20-21H,4-5,10-11H2,1-3H3,(H,28,30)/t20-,21-/m0/s1. The second kappa shape index (κ2) is 11.3. The molecule has 2 aromatic carbocycles. The Morgan fingerprint density at radius 1 is 1.14 bits per heavy atom. The number of esters is 1. The van der Waals surface area contributed by atoms with Crippen molar-refractivity contribution in [2.45, 2.75) is 62.6 Å². The van der Waals surface area contributed by atoms with E-state index in [1.165, 1.54) is 18.2 Å². The summed E-state index contributed by atoms with van der Waals surface area (Å²) < 4.78 is 34.4. The van der Waals surface area contributed by atoms with Gasteiger partial charge in [-0.25, -0.2) is 13.2 Å². The van der Waals surface area contributed by atoms with Crippen molar-refractivity contribution in [2.75, 3.05) is 6.54 Å². The van der Waals surface area contributed by atoms with Gasteiger partial charge in [-0.05, 0) is 92.1 Å². The molecule has 0 saturated carbocycles. The van der Waals surface area contributed by atoms with Gasteiger partial charge in [0.15, 0.2) is 0 Å². The molecule has 190 valence electrons. The molecule has 0 bridgehead atoms. The van der Waals surface area contributed by atoms with Gasteiger partial charge in [-0.2, -0.15) is 4.31 Å². The Bertz CT molecular complexity index is 1180. The lowest BCUT2D eigenvalue weighted by atomic mass is 10.0. The molecule has 0 unspecified atom stereocenters. The monoisotopic (exact) mass is 652 g/mol. The lowest BCUT2D eigenvalue weighted by molar-refractivity contribution is -0.158. The number of nitrogens with zero attached hydrogens (tertiary/aromatic N) is 1. The average molecular weight is 653 g/mol. The summed E-state index contributed by atoms with van der Waals surface area (Å²) in [6.45, 7) is 5.40. The van der Waals surface area contributed by atoms with E-state index in [1.807, 2.05) is 24.3 Å². The number of nitrogens with one attached hydrogen (secondary N) is 1. The summed E-state index contributed by atoms with van der Waals surface area (Å²) in [6, 6.07) is 9.66. The highest BCUT2D eigenvalue weighted by atomic mass is 127. The van der Waals surface area contributed by atoms with Crippen LogP contribution in [0, 0.1) is 3.57 Å². The van der Waals surface area contributed by atoms with Crippen LogP contribution in [0.3, 0.4) is 0 Å². The van der Waals surface area contributed by atoms with Crippen molar-refractivity contribution in [1.29, 1.82) is 0 Å². The zero-order valence-electron chi connectivity index (χ0n) is 19.6. The number of amides is 1. The molecule has 0 aliphatic carbocycles. The van der Waals surface area contributed by atoms with Crippen LogP contribution in [-0.2, 0) is 30.8 Å². The maximum atomic E-state index is 13.3. The summed E-state index contributed by atoms with van der Waals surface area (Å²) in [5, 5.41) is 3.11. The van der Waals surface area contributed by atoms with Crippen molar-refractivity contribution >= 4 is 67.7 Å². The normalized spacial score (nSPS) is 17.7. The molecule has 11 heteroatoms. The Labute approximate surface area is 229 Å². The van der Waals surface area contributed by atoms with Crippen molar-refractivity contribution in [3.05, 3.63) is 61.6 Å². The van der Waals surface area contributed by atoms with Crippen LogP contribution in [0.4, 0.5) is 0 Å². The molecule has 1 aliphatic heterocycles. The van der Waals surface area contributed by atoms with E-state index < -0.39 is 39.6 Å². The lowest BCUT2D eigenvalue weighted by Gasteiger charge is -2.28. The fourth-order valence-electron chi connectivity index (χ4n) is 3.79. The van der Waals surface area contributed by atoms with E-state index >= 15 is 0 Å². The predicted molar refractivity (Wildman–Crippen MR) is 144 cm³/mol. The Kier molecular flexibility index (Phi) is 9.12. The minimum absolute atomic E-state index is 0.0859. The second-order valence-corrected chi connectivity index (χ2v) is 13.3. The van der Waals surface area contributed by atoms with Gasteiger partial charge in [0.1, 0.15) is 17.7 Å². The van der Waals surface area contributed by atoms with Gasteiger partial charge in [-0.15, -0.1) is 0 Å². The Hall–Kier alpha value is -1.40. The first kappa shape index (κ1) is 28.2. The van der Waals surface area contributed by atoms with Gasteiger partial charge in [0.25, 0.3) is 0 Å². The number of halogens is 3. The van der Waals surface area contributed by atoms with E-state index in [0.717, 1.165) is 13.4 Å². The predicted octanol–water partition coefficient (Wildman–Crippen LogP) is 4.82. The molecule has 1 N–H and O–H groups in total. The van der Waals surface area contributed by atoms with E-state index in [1.54, 1.807) is 20.8 Å². The van der Waals surface area contributed by atoms with Crippen LogP contribution < -0.4 is 5.32 Å². The van der Waals surface area contributed by atoms with Gasteiger partial charge in [0.05, 0.1) is 4.90 Å². The SMILES string of the molecule is CC(C)(C)OC(=O)[C@H](Cc1ccc(I)cc1)NC(=O)[C@@H]1CCCN1S(=O)(=O)c1cc(Cl)cc(Cl)c1. The summed E-state index contributed by atoms with van der Waals surface area (Å²) in [6.07, 6.45) is 1.03. The minimum Gasteiger partial charge on any atom is -0.458 e. The highest BCUT2D eigenvalue weighted by Crippen LogP contribution is 2.30. The molecule has 1 amide bonds. The molecule has 1 aliphatic rings. The van der Waals surface area contributed by atoms with Crippen LogP contribution in [0.25, 0.3) is 0 Å². The third-order valence-electron chi connectivity index (χ3n) is 5.31. The Balaban J connectivity index is 1.84. The van der Waals surface area contributed by atoms with Gasteiger partial charge in [0, 0.05) is 26.6 Å². The van der Waals surface area contributed by atoms with Crippen molar-refractivity contribution in [3.8, 4) is 0 Å². The topological polar surface area (TPSA) is 92.8 Å². The highest BCUT2D eigenvalue weighted by Gasteiger charge is 2.41. The van der Waals surface area contributed by atoms with Crippen LogP contribution >= 0.6 is 45.8 Å². The maximum Gasteiger partial charge on any atom is 0.329 e. The number of rotatable bonds is 7. The van der Waals surface area contributed by atoms with Crippen molar-refractivity contribution in [3.63, 3.8) is 0 Å². The van der Waals surface area contributed by atoms with E-state index in [-0.39, 0.29) is 27.9 Å². The molecule has 1 saturated heterocycles. The quantitative estimate of drug-likeness (QED) is 0.342. The number of hydrogen-bond donors (Lipinski definition) is 1. The molecular weight excluding hydrogens is 626 g/mol. The first-order valence-corrected chi connectivity index (χ1v) is 14.3. The van der Waals surface area contributed by atoms with Crippen LogP contribution in [0.2, 0.25) is 10.0 Å². The zero-order valence-corrected chi connectivity index (χ0v) is 24.0. The highest BCUT2D eigenvalue weighted by molar-refractivity contribution is 14.1. The molecule has 2 aromatic rings. The van der Waals surface area contributed by atoms with Gasteiger partial charge >= 0.3 is 5.97 Å². The summed E-state index contributed by atoms with van der Waals surface area (Å²) in [4.78, 5) is 26.2. The summed E-state index contributed by atoms with van der Waals surface area (Å²) >= 11 is 14.2. The number of sulfonamides is 1. The van der Waals surface area contributed by atoms with Crippen LogP contribution in [0.15, 0.2) is 47.4 Å². The number of hydrogen-bond acceptors (Lipinski definition) is 5. The third kappa shape index (κ3) is 7.55. The van der Waals surface area contributed by atoms with E-state index in [0.29, 0.717) is 12.8 Å². The minimum atomic E-state index is -4.04. The maximum absolute atomic E-state index is 13.3. The van der Waals surface area contributed by atoms with Crippen LogP contribution in [-0.4, -0.2) is 48.8 Å². The van der Waals surface area contributed by atoms with Crippen molar-refractivity contribution in [2.24, 2.45) is 0 Å². The summed E-state index contributed by atoms with van der Waals surface area (Å²) in [5.74, 6) is -1.14. The smallest absolute Gasteiger partial charge is 0.329 e. The zero-order chi connectivity index (χ0) is 26.0. The van der Waals surface area contributed by atoms with Gasteiger partial charge in [0.2, 0.25) is 15.9 Å². The molecule has 1 heterocycles. The molecule has 35 heavy (non-hydrogen) atoms. The molecular formula is C24H27Cl2IN2O5S. The Morgan fingerprint density at radius 2 is 1.74 bits per heavy atom. The van der Waals surface area contributed by atoms with Gasteiger partial charge in [-0.3, -0.25) is 4.79 Å².